The van der Waals surface area contributed by atoms with Crippen molar-refractivity contribution in [2.24, 2.45) is 0 Å². The van der Waals surface area contributed by atoms with Crippen LogP contribution in [0.4, 0.5) is 0 Å². The Kier molecular flexibility index (Phi) is 1.72. The SMILES string of the molecule is Cc1[se]c(C)c2c1C(=O)N(C)C2=O. The van der Waals surface area contributed by atoms with Gasteiger partial charge in [0.25, 0.3) is 0 Å². The minimum absolute atomic E-state index is 0.128. The van der Waals surface area contributed by atoms with Gasteiger partial charge in [0.2, 0.25) is 0 Å². The van der Waals surface area contributed by atoms with Crippen molar-refractivity contribution in [3.05, 3.63) is 20.0 Å². The van der Waals surface area contributed by atoms with Crippen LogP contribution in [0.3, 0.4) is 0 Å². The molecule has 0 aliphatic carbocycles. The number of hydrogen-bond acceptors (Lipinski definition) is 2. The second-order valence-corrected chi connectivity index (χ2v) is 6.13. The van der Waals surface area contributed by atoms with Gasteiger partial charge < -0.3 is 0 Å². The molecule has 0 aromatic carbocycles. The molecule has 0 fully saturated rings. The molecule has 0 atom stereocenters. The van der Waals surface area contributed by atoms with E-state index in [4.69, 9.17) is 0 Å². The second kappa shape index (κ2) is 2.56. The van der Waals surface area contributed by atoms with Gasteiger partial charge in [-0.05, 0) is 0 Å². The molecule has 0 bridgehead atoms. The van der Waals surface area contributed by atoms with Gasteiger partial charge in [-0.25, -0.2) is 0 Å². The van der Waals surface area contributed by atoms with Gasteiger partial charge in [0, 0.05) is 0 Å². The van der Waals surface area contributed by atoms with E-state index in [2.05, 4.69) is 0 Å². The van der Waals surface area contributed by atoms with Crippen LogP contribution in [-0.2, 0) is 0 Å². The molecule has 4 heteroatoms. The summed E-state index contributed by atoms with van der Waals surface area (Å²) < 4.78 is 2.17. The van der Waals surface area contributed by atoms with Crippen molar-refractivity contribution in [1.82, 2.24) is 4.90 Å². The Labute approximate surface area is 82.1 Å². The van der Waals surface area contributed by atoms with Crippen LogP contribution in [0.25, 0.3) is 0 Å². The number of imide groups is 1. The Hall–Kier alpha value is -0.861. The predicted molar refractivity (Wildman–Crippen MR) is 49.3 cm³/mol. The van der Waals surface area contributed by atoms with Crippen LogP contribution in [0.2, 0.25) is 0 Å². The zero-order chi connectivity index (χ0) is 9.75. The zero-order valence-corrected chi connectivity index (χ0v) is 9.39. The Morgan fingerprint density at radius 3 is 1.77 bits per heavy atom. The maximum absolute atomic E-state index is 11.6. The van der Waals surface area contributed by atoms with Crippen LogP contribution in [0, 0.1) is 13.8 Å². The summed E-state index contributed by atoms with van der Waals surface area (Å²) in [5.41, 5.74) is 1.34. The van der Waals surface area contributed by atoms with Crippen molar-refractivity contribution in [1.29, 1.82) is 0 Å². The molecule has 0 radical (unpaired) electrons. The Morgan fingerprint density at radius 1 is 1.00 bits per heavy atom. The maximum atomic E-state index is 11.6. The van der Waals surface area contributed by atoms with Crippen LogP contribution in [0.5, 0.6) is 0 Å². The molecule has 1 aromatic rings. The number of carbonyl (C=O) groups is 2. The number of fused-ring (bicyclic) bond motifs is 1. The summed E-state index contributed by atoms with van der Waals surface area (Å²) >= 11 is 0.219. The van der Waals surface area contributed by atoms with E-state index in [1.807, 2.05) is 13.8 Å². The number of amides is 2. The van der Waals surface area contributed by atoms with E-state index in [1.165, 1.54) is 11.9 Å². The van der Waals surface area contributed by atoms with Crippen molar-refractivity contribution in [3.63, 3.8) is 0 Å². The number of aryl methyl sites for hydroxylation is 2. The van der Waals surface area contributed by atoms with Crippen LogP contribution in [0.1, 0.15) is 29.6 Å². The average molecular weight is 242 g/mol. The normalized spacial score (nSPS) is 15.5. The molecule has 2 heterocycles. The van der Waals surface area contributed by atoms with Crippen LogP contribution in [-0.4, -0.2) is 38.3 Å². The third kappa shape index (κ3) is 0.960. The first kappa shape index (κ1) is 8.73. The van der Waals surface area contributed by atoms with Crippen LogP contribution >= 0.6 is 0 Å². The fourth-order valence-electron chi connectivity index (χ4n) is 1.63. The van der Waals surface area contributed by atoms with Gasteiger partial charge >= 0.3 is 81.7 Å². The monoisotopic (exact) mass is 243 g/mol. The molecule has 68 valence electrons. The molecule has 0 unspecified atom stereocenters. The fourth-order valence-corrected chi connectivity index (χ4v) is 3.81. The van der Waals surface area contributed by atoms with Gasteiger partial charge in [-0.3, -0.25) is 0 Å². The standard InChI is InChI=1S/C9H9NO2Se/c1-4-6-7(5(2)13-4)9(12)10(3)8(6)11/h1-3H3. The molecule has 2 amide bonds. The predicted octanol–water partition coefficient (Wildman–Crippen LogP) is 0.586. The molecule has 0 saturated heterocycles. The van der Waals surface area contributed by atoms with Crippen LogP contribution in [0.15, 0.2) is 0 Å². The molecular formula is C9H9NO2Se. The van der Waals surface area contributed by atoms with E-state index in [9.17, 15) is 9.59 Å². The van der Waals surface area contributed by atoms with Crippen molar-refractivity contribution >= 4 is 26.3 Å². The van der Waals surface area contributed by atoms with Crippen LogP contribution < -0.4 is 0 Å². The molecule has 0 spiro atoms. The molecule has 2 rings (SSSR count). The van der Waals surface area contributed by atoms with Crippen molar-refractivity contribution in [2.45, 2.75) is 13.8 Å². The molecule has 3 nitrogen and oxygen atoms in total. The van der Waals surface area contributed by atoms with Crippen molar-refractivity contribution < 1.29 is 9.59 Å². The Morgan fingerprint density at radius 2 is 1.38 bits per heavy atom. The van der Waals surface area contributed by atoms with E-state index >= 15 is 0 Å². The van der Waals surface area contributed by atoms with E-state index < -0.39 is 0 Å². The quantitative estimate of drug-likeness (QED) is 0.493. The summed E-state index contributed by atoms with van der Waals surface area (Å²) in [6.07, 6.45) is 0. The van der Waals surface area contributed by atoms with E-state index in [1.54, 1.807) is 0 Å². The van der Waals surface area contributed by atoms with Gasteiger partial charge in [0.05, 0.1) is 0 Å². The minimum atomic E-state index is -0.128. The zero-order valence-electron chi connectivity index (χ0n) is 7.67. The first-order chi connectivity index (χ1) is 6.04. The van der Waals surface area contributed by atoms with Gasteiger partial charge in [0.15, 0.2) is 0 Å². The van der Waals surface area contributed by atoms with Gasteiger partial charge in [-0.1, -0.05) is 0 Å². The van der Waals surface area contributed by atoms with E-state index in [0.717, 1.165) is 8.87 Å². The summed E-state index contributed by atoms with van der Waals surface area (Å²) in [5.74, 6) is -0.257. The fraction of sp³-hybridized carbons (Fsp3) is 0.333. The molecule has 1 aliphatic heterocycles. The van der Waals surface area contributed by atoms with Gasteiger partial charge in [0.1, 0.15) is 0 Å². The first-order valence-electron chi connectivity index (χ1n) is 3.96. The summed E-state index contributed by atoms with van der Waals surface area (Å²) in [6.45, 7) is 3.88. The molecule has 0 saturated carbocycles. The summed E-state index contributed by atoms with van der Waals surface area (Å²) in [5, 5.41) is 0. The Balaban J connectivity index is 2.75. The number of rotatable bonds is 0. The third-order valence-corrected chi connectivity index (χ3v) is 4.44. The van der Waals surface area contributed by atoms with Crippen molar-refractivity contribution in [2.75, 3.05) is 7.05 Å². The second-order valence-electron chi connectivity index (χ2n) is 3.13. The number of hydrogen-bond donors (Lipinski definition) is 0. The molecule has 1 aliphatic rings. The number of nitrogens with zero attached hydrogens (tertiary/aromatic N) is 1. The molecule has 0 N–H and O–H groups in total. The molecular weight excluding hydrogens is 233 g/mol. The summed E-state index contributed by atoms with van der Waals surface area (Å²) in [6, 6.07) is 0. The van der Waals surface area contributed by atoms with Gasteiger partial charge in [-0.2, -0.15) is 0 Å². The summed E-state index contributed by atoms with van der Waals surface area (Å²) in [7, 11) is 1.54. The number of carbonyl (C=O) groups excluding carboxylic acids is 2. The topological polar surface area (TPSA) is 37.4 Å². The third-order valence-electron chi connectivity index (χ3n) is 2.30. The van der Waals surface area contributed by atoms with Gasteiger partial charge in [-0.15, -0.1) is 0 Å². The summed E-state index contributed by atoms with van der Waals surface area (Å²) in [4.78, 5) is 24.4. The Bertz CT molecular complexity index is 383. The average Bonchev–Trinajstić information content (AvgIpc) is 2.47. The van der Waals surface area contributed by atoms with Crippen molar-refractivity contribution in [3.8, 4) is 0 Å². The molecule has 1 aromatic heterocycles. The first-order valence-corrected chi connectivity index (χ1v) is 5.67. The van der Waals surface area contributed by atoms with E-state index in [0.29, 0.717) is 11.1 Å². The molecule has 13 heavy (non-hydrogen) atoms. The van der Waals surface area contributed by atoms with E-state index in [-0.39, 0.29) is 26.3 Å².